The van der Waals surface area contributed by atoms with E-state index in [9.17, 15) is 18.0 Å². The van der Waals surface area contributed by atoms with Crippen LogP contribution in [0, 0.1) is 5.92 Å². The van der Waals surface area contributed by atoms with E-state index >= 15 is 0 Å². The van der Waals surface area contributed by atoms with Gasteiger partial charge in [-0.2, -0.15) is 13.2 Å². The summed E-state index contributed by atoms with van der Waals surface area (Å²) in [5, 5.41) is 10.5. The van der Waals surface area contributed by atoms with E-state index in [0.29, 0.717) is 17.2 Å². The van der Waals surface area contributed by atoms with Crippen LogP contribution in [0.2, 0.25) is 0 Å². The lowest BCUT2D eigenvalue weighted by Gasteiger charge is -2.25. The number of halogens is 3. The minimum Gasteiger partial charge on any atom is -0.345 e. The molecule has 134 valence electrons. The zero-order chi connectivity index (χ0) is 18.0. The predicted molar refractivity (Wildman–Crippen MR) is 87.3 cm³/mol. The first-order valence-corrected chi connectivity index (χ1v) is 9.01. The van der Waals surface area contributed by atoms with Crippen molar-refractivity contribution >= 4 is 17.7 Å². The molecule has 0 spiro atoms. The number of nitrogens with zero attached hydrogens (tertiary/aromatic N) is 3. The standard InChI is InChI=1S/C16H17F3N4OS/c1-25-12-4-2-3-10(7-12)15(24)20-9-14-22-21-13-8-11(16(17,18)19)5-6-23(13)14/h2-4,7,11H,5-6,8-9H2,1H3,(H,20,24). The molecule has 0 bridgehead atoms. The molecule has 3 rings (SSSR count). The van der Waals surface area contributed by atoms with Gasteiger partial charge in [0.05, 0.1) is 12.5 Å². The number of aromatic nitrogens is 3. The summed E-state index contributed by atoms with van der Waals surface area (Å²) in [6.07, 6.45) is -2.45. The molecule has 1 aliphatic heterocycles. The highest BCUT2D eigenvalue weighted by Gasteiger charge is 2.42. The highest BCUT2D eigenvalue weighted by atomic mass is 32.2. The van der Waals surface area contributed by atoms with E-state index in [1.807, 2.05) is 12.3 Å². The molecular formula is C16H17F3N4OS. The number of hydrogen-bond acceptors (Lipinski definition) is 4. The molecule has 1 unspecified atom stereocenters. The van der Waals surface area contributed by atoms with Crippen molar-refractivity contribution in [2.75, 3.05) is 6.26 Å². The lowest BCUT2D eigenvalue weighted by molar-refractivity contribution is -0.179. The van der Waals surface area contributed by atoms with Gasteiger partial charge in [-0.1, -0.05) is 6.07 Å². The average Bonchev–Trinajstić information content (AvgIpc) is 3.01. The summed E-state index contributed by atoms with van der Waals surface area (Å²) in [6.45, 7) is 0.339. The van der Waals surface area contributed by atoms with Crippen LogP contribution in [0.15, 0.2) is 29.2 Å². The molecule has 1 aliphatic rings. The van der Waals surface area contributed by atoms with Gasteiger partial charge in [-0.05, 0) is 30.9 Å². The van der Waals surface area contributed by atoms with Crippen molar-refractivity contribution in [3.8, 4) is 0 Å². The first kappa shape index (κ1) is 17.8. The van der Waals surface area contributed by atoms with Crippen molar-refractivity contribution < 1.29 is 18.0 Å². The Bertz CT molecular complexity index is 775. The minimum absolute atomic E-state index is 0.00521. The fourth-order valence-corrected chi connectivity index (χ4v) is 3.28. The number of carbonyl (C=O) groups excluding carboxylic acids is 1. The molecule has 2 heterocycles. The summed E-state index contributed by atoms with van der Waals surface area (Å²) in [6, 6.07) is 7.21. The van der Waals surface area contributed by atoms with Crippen LogP contribution in [0.3, 0.4) is 0 Å². The Morgan fingerprint density at radius 3 is 2.92 bits per heavy atom. The third-order valence-corrected chi connectivity index (χ3v) is 4.96. The van der Waals surface area contributed by atoms with E-state index in [4.69, 9.17) is 0 Å². The van der Waals surface area contributed by atoms with Crippen LogP contribution in [-0.4, -0.2) is 33.1 Å². The van der Waals surface area contributed by atoms with Crippen molar-refractivity contribution in [2.24, 2.45) is 5.92 Å². The van der Waals surface area contributed by atoms with Gasteiger partial charge >= 0.3 is 6.18 Å². The smallest absolute Gasteiger partial charge is 0.345 e. The van der Waals surface area contributed by atoms with E-state index in [0.717, 1.165) is 4.90 Å². The Labute approximate surface area is 147 Å². The quantitative estimate of drug-likeness (QED) is 0.841. The number of fused-ring (bicyclic) bond motifs is 1. The molecule has 25 heavy (non-hydrogen) atoms. The number of thioether (sulfide) groups is 1. The topological polar surface area (TPSA) is 59.8 Å². The molecule has 1 aromatic carbocycles. The lowest BCUT2D eigenvalue weighted by atomic mass is 9.97. The number of benzene rings is 1. The molecule has 0 saturated carbocycles. The second-order valence-electron chi connectivity index (χ2n) is 5.83. The molecule has 2 aromatic rings. The molecular weight excluding hydrogens is 353 g/mol. The number of alkyl halides is 3. The zero-order valence-corrected chi connectivity index (χ0v) is 14.3. The van der Waals surface area contributed by atoms with Crippen LogP contribution in [0.4, 0.5) is 13.2 Å². The van der Waals surface area contributed by atoms with E-state index in [-0.39, 0.29) is 31.8 Å². The van der Waals surface area contributed by atoms with E-state index in [2.05, 4.69) is 15.5 Å². The van der Waals surface area contributed by atoms with Crippen molar-refractivity contribution in [3.63, 3.8) is 0 Å². The largest absolute Gasteiger partial charge is 0.392 e. The fourth-order valence-electron chi connectivity index (χ4n) is 2.82. The number of rotatable bonds is 4. The number of amides is 1. The normalized spacial score (nSPS) is 17.2. The Hall–Kier alpha value is -2.03. The molecule has 0 fully saturated rings. The van der Waals surface area contributed by atoms with Crippen LogP contribution >= 0.6 is 11.8 Å². The second-order valence-corrected chi connectivity index (χ2v) is 6.71. The van der Waals surface area contributed by atoms with Crippen molar-refractivity contribution in [2.45, 2.75) is 37.0 Å². The van der Waals surface area contributed by atoms with Gasteiger partial charge in [0.1, 0.15) is 5.82 Å². The van der Waals surface area contributed by atoms with E-state index in [1.54, 1.807) is 22.8 Å². The Morgan fingerprint density at radius 2 is 2.20 bits per heavy atom. The SMILES string of the molecule is CSc1cccc(C(=O)NCc2nnc3n2CCC(C(F)(F)F)C3)c1. The number of carbonyl (C=O) groups is 1. The Morgan fingerprint density at radius 1 is 1.40 bits per heavy atom. The third-order valence-electron chi connectivity index (χ3n) is 4.24. The molecule has 0 aliphatic carbocycles. The van der Waals surface area contributed by atoms with E-state index in [1.165, 1.54) is 11.8 Å². The summed E-state index contributed by atoms with van der Waals surface area (Å²) < 4.78 is 40.2. The summed E-state index contributed by atoms with van der Waals surface area (Å²) in [5.41, 5.74) is 0.530. The van der Waals surface area contributed by atoms with Gasteiger partial charge in [-0.25, -0.2) is 0 Å². The molecule has 0 saturated heterocycles. The number of hydrogen-bond donors (Lipinski definition) is 1. The summed E-state index contributed by atoms with van der Waals surface area (Å²) >= 11 is 1.54. The summed E-state index contributed by atoms with van der Waals surface area (Å²) in [7, 11) is 0. The Kier molecular flexibility index (Phi) is 5.03. The predicted octanol–water partition coefficient (Wildman–Crippen LogP) is 3.05. The van der Waals surface area contributed by atoms with Gasteiger partial charge < -0.3 is 9.88 Å². The molecule has 9 heteroatoms. The molecule has 1 N–H and O–H groups in total. The fraction of sp³-hybridized carbons (Fsp3) is 0.438. The first-order chi connectivity index (χ1) is 11.9. The molecule has 1 aromatic heterocycles. The van der Waals surface area contributed by atoms with Gasteiger partial charge in [0, 0.05) is 23.4 Å². The molecule has 1 amide bonds. The first-order valence-electron chi connectivity index (χ1n) is 7.78. The second kappa shape index (κ2) is 7.07. The van der Waals surface area contributed by atoms with Crippen molar-refractivity contribution in [1.82, 2.24) is 20.1 Å². The zero-order valence-electron chi connectivity index (χ0n) is 13.5. The maximum absolute atomic E-state index is 12.8. The van der Waals surface area contributed by atoms with Crippen molar-refractivity contribution in [3.05, 3.63) is 41.5 Å². The van der Waals surface area contributed by atoms with Crippen LogP contribution in [0.25, 0.3) is 0 Å². The Balaban J connectivity index is 1.65. The van der Waals surface area contributed by atoms with Crippen LogP contribution < -0.4 is 5.32 Å². The maximum Gasteiger partial charge on any atom is 0.392 e. The number of nitrogens with one attached hydrogen (secondary N) is 1. The summed E-state index contributed by atoms with van der Waals surface area (Å²) in [5.74, 6) is -0.828. The lowest BCUT2D eigenvalue weighted by Crippen LogP contribution is -2.32. The third kappa shape index (κ3) is 3.97. The molecule has 5 nitrogen and oxygen atoms in total. The van der Waals surface area contributed by atoms with Crippen molar-refractivity contribution in [1.29, 1.82) is 0 Å². The van der Waals surface area contributed by atoms with Gasteiger partial charge in [0.2, 0.25) is 0 Å². The van der Waals surface area contributed by atoms with E-state index < -0.39 is 12.1 Å². The highest BCUT2D eigenvalue weighted by Crippen LogP contribution is 2.34. The van der Waals surface area contributed by atoms with Crippen LogP contribution in [0.5, 0.6) is 0 Å². The average molecular weight is 370 g/mol. The van der Waals surface area contributed by atoms with Gasteiger partial charge in [0.15, 0.2) is 5.82 Å². The van der Waals surface area contributed by atoms with Crippen LogP contribution in [-0.2, 0) is 19.5 Å². The summed E-state index contributed by atoms with van der Waals surface area (Å²) in [4.78, 5) is 13.2. The van der Waals surface area contributed by atoms with Gasteiger partial charge in [-0.15, -0.1) is 22.0 Å². The van der Waals surface area contributed by atoms with Crippen LogP contribution in [0.1, 0.15) is 28.4 Å². The molecule has 0 radical (unpaired) electrons. The van der Waals surface area contributed by atoms with Gasteiger partial charge in [-0.3, -0.25) is 4.79 Å². The minimum atomic E-state index is -4.21. The monoisotopic (exact) mass is 370 g/mol. The maximum atomic E-state index is 12.8. The van der Waals surface area contributed by atoms with Gasteiger partial charge in [0.25, 0.3) is 5.91 Å². The highest BCUT2D eigenvalue weighted by molar-refractivity contribution is 7.98. The molecule has 1 atom stereocenters.